The predicted molar refractivity (Wildman–Crippen MR) is 52.9 cm³/mol. The van der Waals surface area contributed by atoms with Crippen molar-refractivity contribution in [2.45, 2.75) is 32.1 Å². The fourth-order valence-corrected chi connectivity index (χ4v) is 1.54. The van der Waals surface area contributed by atoms with Crippen LogP contribution >= 0.6 is 0 Å². The second-order valence-corrected chi connectivity index (χ2v) is 3.39. The van der Waals surface area contributed by atoms with E-state index >= 15 is 0 Å². The highest BCUT2D eigenvalue weighted by atomic mass is 15.5. The van der Waals surface area contributed by atoms with Crippen LogP contribution in [-0.2, 0) is 0 Å². The number of allylic oxidation sites excluding steroid dienone is 1. The highest BCUT2D eigenvalue weighted by Gasteiger charge is 2.07. The Morgan fingerprint density at radius 2 is 2.00 bits per heavy atom. The Bertz CT molecular complexity index is 117. The first-order valence-corrected chi connectivity index (χ1v) is 5.03. The fraction of sp³-hybridized carbons (Fsp3) is 0.800. The summed E-state index contributed by atoms with van der Waals surface area (Å²) in [5, 5.41) is 2.35. The number of unbranched alkanes of at least 4 members (excludes halogenated alkanes) is 1. The molecule has 2 heteroatoms. The van der Waals surface area contributed by atoms with Crippen LogP contribution in [-0.4, -0.2) is 24.6 Å². The minimum absolute atomic E-state index is 1.10. The maximum atomic E-state index is 3.70. The second kappa shape index (κ2) is 6.21. The van der Waals surface area contributed by atoms with Crippen molar-refractivity contribution in [2.24, 2.45) is 0 Å². The highest BCUT2D eigenvalue weighted by Crippen LogP contribution is 2.05. The summed E-state index contributed by atoms with van der Waals surface area (Å²) in [6, 6.07) is 0. The number of nitrogens with one attached hydrogen (secondary N) is 1. The van der Waals surface area contributed by atoms with E-state index in [2.05, 4.69) is 17.0 Å². The molecule has 1 fully saturated rings. The van der Waals surface area contributed by atoms with E-state index in [-0.39, 0.29) is 0 Å². The van der Waals surface area contributed by atoms with Crippen LogP contribution in [0.1, 0.15) is 32.1 Å². The minimum atomic E-state index is 1.10. The highest BCUT2D eigenvalue weighted by molar-refractivity contribution is 4.67. The van der Waals surface area contributed by atoms with Gasteiger partial charge in [0.15, 0.2) is 0 Å². The van der Waals surface area contributed by atoms with Crippen LogP contribution in [0.5, 0.6) is 0 Å². The lowest BCUT2D eigenvalue weighted by molar-refractivity contribution is 0.154. The number of piperidine rings is 1. The van der Waals surface area contributed by atoms with Gasteiger partial charge in [0.1, 0.15) is 0 Å². The zero-order valence-electron chi connectivity index (χ0n) is 7.89. The molecule has 0 saturated carbocycles. The lowest BCUT2D eigenvalue weighted by Crippen LogP contribution is -2.41. The van der Waals surface area contributed by atoms with Gasteiger partial charge in [0, 0.05) is 19.6 Å². The largest absolute Gasteiger partial charge is 0.255 e. The first-order valence-electron chi connectivity index (χ1n) is 5.03. The minimum Gasteiger partial charge on any atom is -0.255 e. The maximum Gasteiger partial charge on any atom is 0.0131 e. The van der Waals surface area contributed by atoms with Gasteiger partial charge in [-0.05, 0) is 25.7 Å². The summed E-state index contributed by atoms with van der Waals surface area (Å²) in [7, 11) is 0. The number of hydrazine groups is 1. The molecular weight excluding hydrogens is 148 g/mol. The molecule has 0 amide bonds. The van der Waals surface area contributed by atoms with Crippen molar-refractivity contribution in [1.82, 2.24) is 10.4 Å². The van der Waals surface area contributed by atoms with Gasteiger partial charge >= 0.3 is 0 Å². The average Bonchev–Trinajstić information content (AvgIpc) is 2.14. The molecule has 0 atom stereocenters. The van der Waals surface area contributed by atoms with Gasteiger partial charge in [-0.1, -0.05) is 12.5 Å². The molecule has 12 heavy (non-hydrogen) atoms. The Balaban J connectivity index is 1.94. The van der Waals surface area contributed by atoms with E-state index in [9.17, 15) is 0 Å². The third kappa shape index (κ3) is 3.88. The Morgan fingerprint density at radius 1 is 1.25 bits per heavy atom. The summed E-state index contributed by atoms with van der Waals surface area (Å²) in [6.07, 6.45) is 8.44. The SMILES string of the molecule is C=CCCCNN1CCCCC1. The van der Waals surface area contributed by atoms with E-state index in [1.165, 1.54) is 38.8 Å². The molecular formula is C10H20N2. The lowest BCUT2D eigenvalue weighted by atomic mass is 10.2. The van der Waals surface area contributed by atoms with Gasteiger partial charge in [-0.25, -0.2) is 5.01 Å². The van der Waals surface area contributed by atoms with Crippen LogP contribution in [0, 0.1) is 0 Å². The summed E-state index contributed by atoms with van der Waals surface area (Å²) in [5.74, 6) is 0. The van der Waals surface area contributed by atoms with Gasteiger partial charge < -0.3 is 0 Å². The molecule has 2 nitrogen and oxygen atoms in total. The molecule has 0 spiro atoms. The van der Waals surface area contributed by atoms with Gasteiger partial charge in [0.05, 0.1) is 0 Å². The topological polar surface area (TPSA) is 15.3 Å². The molecule has 70 valence electrons. The van der Waals surface area contributed by atoms with E-state index in [0.29, 0.717) is 0 Å². The van der Waals surface area contributed by atoms with E-state index in [0.717, 1.165) is 13.0 Å². The normalized spacial score (nSPS) is 19.3. The van der Waals surface area contributed by atoms with Crippen molar-refractivity contribution >= 4 is 0 Å². The zero-order chi connectivity index (χ0) is 8.65. The molecule has 1 rings (SSSR count). The van der Waals surface area contributed by atoms with Gasteiger partial charge in [-0.15, -0.1) is 6.58 Å². The van der Waals surface area contributed by atoms with Gasteiger partial charge in [-0.2, -0.15) is 0 Å². The summed E-state index contributed by atoms with van der Waals surface area (Å²) in [6.45, 7) is 7.27. The van der Waals surface area contributed by atoms with Crippen LogP contribution < -0.4 is 5.43 Å². The molecule has 0 aromatic heterocycles. The Labute approximate surface area is 75.6 Å². The average molecular weight is 168 g/mol. The maximum absolute atomic E-state index is 3.70. The van der Waals surface area contributed by atoms with Crippen LogP contribution in [0.3, 0.4) is 0 Å². The van der Waals surface area contributed by atoms with Crippen molar-refractivity contribution < 1.29 is 0 Å². The monoisotopic (exact) mass is 168 g/mol. The quantitative estimate of drug-likeness (QED) is 0.498. The smallest absolute Gasteiger partial charge is 0.0131 e. The van der Waals surface area contributed by atoms with Crippen molar-refractivity contribution in [3.05, 3.63) is 12.7 Å². The van der Waals surface area contributed by atoms with Crippen LogP contribution in [0.4, 0.5) is 0 Å². The molecule has 0 aliphatic carbocycles. The molecule has 0 radical (unpaired) electrons. The van der Waals surface area contributed by atoms with E-state index < -0.39 is 0 Å². The lowest BCUT2D eigenvalue weighted by Gasteiger charge is -2.26. The van der Waals surface area contributed by atoms with E-state index in [4.69, 9.17) is 0 Å². The van der Waals surface area contributed by atoms with Crippen LogP contribution in [0.2, 0.25) is 0 Å². The predicted octanol–water partition coefficient (Wildman–Crippen LogP) is 1.94. The third-order valence-electron chi connectivity index (χ3n) is 2.28. The number of hydrogen-bond donors (Lipinski definition) is 1. The molecule has 1 aliphatic heterocycles. The Kier molecular flexibility index (Phi) is 5.04. The summed E-state index contributed by atoms with van der Waals surface area (Å²) >= 11 is 0. The molecule has 0 aromatic carbocycles. The molecule has 1 N–H and O–H groups in total. The zero-order valence-corrected chi connectivity index (χ0v) is 7.89. The van der Waals surface area contributed by atoms with E-state index in [1.807, 2.05) is 6.08 Å². The molecule has 1 aliphatic rings. The Morgan fingerprint density at radius 3 is 2.67 bits per heavy atom. The standard InChI is InChI=1S/C10H20N2/c1-2-3-5-8-11-12-9-6-4-7-10-12/h2,11H,1,3-10H2. The summed E-state index contributed by atoms with van der Waals surface area (Å²) in [4.78, 5) is 0. The van der Waals surface area contributed by atoms with Gasteiger partial charge in [0.25, 0.3) is 0 Å². The number of rotatable bonds is 5. The van der Waals surface area contributed by atoms with Crippen molar-refractivity contribution in [3.63, 3.8) is 0 Å². The molecule has 1 saturated heterocycles. The van der Waals surface area contributed by atoms with Crippen molar-refractivity contribution in [3.8, 4) is 0 Å². The fourth-order valence-electron chi connectivity index (χ4n) is 1.54. The van der Waals surface area contributed by atoms with Crippen molar-refractivity contribution in [1.29, 1.82) is 0 Å². The summed E-state index contributed by atoms with van der Waals surface area (Å²) in [5.41, 5.74) is 3.44. The second-order valence-electron chi connectivity index (χ2n) is 3.39. The molecule has 0 bridgehead atoms. The van der Waals surface area contributed by atoms with Crippen LogP contribution in [0.15, 0.2) is 12.7 Å². The molecule has 0 unspecified atom stereocenters. The molecule has 0 aromatic rings. The van der Waals surface area contributed by atoms with Gasteiger partial charge in [-0.3, -0.25) is 5.43 Å². The van der Waals surface area contributed by atoms with E-state index in [1.54, 1.807) is 0 Å². The van der Waals surface area contributed by atoms with Crippen LogP contribution in [0.25, 0.3) is 0 Å². The number of hydrogen-bond acceptors (Lipinski definition) is 2. The number of nitrogens with zero attached hydrogens (tertiary/aromatic N) is 1. The molecule has 1 heterocycles. The Hall–Kier alpha value is -0.340. The van der Waals surface area contributed by atoms with Crippen molar-refractivity contribution in [2.75, 3.05) is 19.6 Å². The van der Waals surface area contributed by atoms with Gasteiger partial charge in [0.2, 0.25) is 0 Å². The summed E-state index contributed by atoms with van der Waals surface area (Å²) < 4.78 is 0. The first kappa shape index (κ1) is 9.75. The third-order valence-corrected chi connectivity index (χ3v) is 2.28. The first-order chi connectivity index (χ1) is 5.93.